The van der Waals surface area contributed by atoms with Gasteiger partial charge in [-0.05, 0) is 18.4 Å². The van der Waals surface area contributed by atoms with Crippen LogP contribution in [0.4, 0.5) is 0 Å². The summed E-state index contributed by atoms with van der Waals surface area (Å²) in [6.07, 6.45) is 2.96. The third kappa shape index (κ3) is 2.05. The predicted octanol–water partition coefficient (Wildman–Crippen LogP) is 2.38. The Morgan fingerprint density at radius 2 is 1.91 bits per heavy atom. The molecule has 11 heavy (non-hydrogen) atoms. The summed E-state index contributed by atoms with van der Waals surface area (Å²) < 4.78 is 5.41. The lowest BCUT2D eigenvalue weighted by molar-refractivity contribution is 0.197. The van der Waals surface area contributed by atoms with E-state index in [1.807, 2.05) is 36.9 Å². The van der Waals surface area contributed by atoms with E-state index in [-0.39, 0.29) is 0 Å². The minimum atomic E-state index is 0.509. The lowest BCUT2D eigenvalue weighted by Gasteiger charge is -1.99. The quantitative estimate of drug-likeness (QED) is 0.637. The standard InChI is InChI=1S/C10H11O/c1-2-4-9(5-3-1)8-11-10-6-7-10/h1-5,8,10H,6-7H2. The van der Waals surface area contributed by atoms with Crippen LogP contribution in [-0.2, 0) is 4.74 Å². The third-order valence-electron chi connectivity index (χ3n) is 1.72. The van der Waals surface area contributed by atoms with Gasteiger partial charge in [-0.25, -0.2) is 0 Å². The van der Waals surface area contributed by atoms with Gasteiger partial charge in [0.1, 0.15) is 6.61 Å². The summed E-state index contributed by atoms with van der Waals surface area (Å²) in [5.41, 5.74) is 1.15. The first-order valence-corrected chi connectivity index (χ1v) is 3.99. The molecule has 1 radical (unpaired) electrons. The lowest BCUT2D eigenvalue weighted by atomic mass is 10.2. The molecule has 0 bridgehead atoms. The Balaban J connectivity index is 1.85. The summed E-state index contributed by atoms with van der Waals surface area (Å²) in [4.78, 5) is 0. The van der Waals surface area contributed by atoms with Crippen molar-refractivity contribution in [3.63, 3.8) is 0 Å². The van der Waals surface area contributed by atoms with Gasteiger partial charge in [0.2, 0.25) is 0 Å². The molecule has 0 aromatic heterocycles. The van der Waals surface area contributed by atoms with Crippen LogP contribution in [0.25, 0.3) is 0 Å². The van der Waals surface area contributed by atoms with E-state index in [2.05, 4.69) is 0 Å². The zero-order valence-corrected chi connectivity index (χ0v) is 6.36. The van der Waals surface area contributed by atoms with Gasteiger partial charge in [-0.2, -0.15) is 0 Å². The molecule has 0 spiro atoms. The van der Waals surface area contributed by atoms with Crippen LogP contribution in [0, 0.1) is 6.61 Å². The molecule has 0 amide bonds. The van der Waals surface area contributed by atoms with Crippen molar-refractivity contribution in [2.24, 2.45) is 0 Å². The number of benzene rings is 1. The highest BCUT2D eigenvalue weighted by Gasteiger charge is 2.21. The first kappa shape index (κ1) is 6.86. The summed E-state index contributed by atoms with van der Waals surface area (Å²) in [5.74, 6) is 0. The molecule has 0 saturated heterocycles. The summed E-state index contributed by atoms with van der Waals surface area (Å²) in [7, 11) is 0. The Morgan fingerprint density at radius 3 is 2.55 bits per heavy atom. The van der Waals surface area contributed by atoms with E-state index in [0.29, 0.717) is 6.10 Å². The van der Waals surface area contributed by atoms with Gasteiger partial charge in [0.05, 0.1) is 6.10 Å². The second kappa shape index (κ2) is 3.05. The van der Waals surface area contributed by atoms with Gasteiger partial charge in [0.15, 0.2) is 0 Å². The Morgan fingerprint density at radius 1 is 1.18 bits per heavy atom. The highest BCUT2D eigenvalue weighted by Crippen LogP contribution is 2.25. The Hall–Kier alpha value is -0.820. The Bertz CT molecular complexity index is 214. The molecule has 2 rings (SSSR count). The fraction of sp³-hybridized carbons (Fsp3) is 0.300. The molecule has 1 aliphatic rings. The molecular formula is C10H11O. The van der Waals surface area contributed by atoms with E-state index in [4.69, 9.17) is 4.74 Å². The van der Waals surface area contributed by atoms with Gasteiger partial charge in [-0.3, -0.25) is 0 Å². The van der Waals surface area contributed by atoms with E-state index < -0.39 is 0 Å². The largest absolute Gasteiger partial charge is 0.367 e. The van der Waals surface area contributed by atoms with Crippen molar-refractivity contribution in [3.8, 4) is 0 Å². The van der Waals surface area contributed by atoms with Gasteiger partial charge < -0.3 is 4.74 Å². The van der Waals surface area contributed by atoms with Crippen LogP contribution >= 0.6 is 0 Å². The average molecular weight is 147 g/mol. The van der Waals surface area contributed by atoms with E-state index in [0.717, 1.165) is 5.56 Å². The fourth-order valence-electron chi connectivity index (χ4n) is 0.911. The fourth-order valence-corrected chi connectivity index (χ4v) is 0.911. The number of ether oxygens (including phenoxy) is 1. The summed E-state index contributed by atoms with van der Waals surface area (Å²) in [6.45, 7) is 1.84. The van der Waals surface area contributed by atoms with Crippen LogP contribution in [0.15, 0.2) is 30.3 Å². The van der Waals surface area contributed by atoms with Crippen LogP contribution in [0.3, 0.4) is 0 Å². The Labute approximate surface area is 67.0 Å². The molecule has 1 aliphatic carbocycles. The van der Waals surface area contributed by atoms with Crippen molar-refractivity contribution in [2.45, 2.75) is 18.9 Å². The molecular weight excluding hydrogens is 136 g/mol. The van der Waals surface area contributed by atoms with Crippen molar-refractivity contribution in [2.75, 3.05) is 0 Å². The van der Waals surface area contributed by atoms with Gasteiger partial charge in [0, 0.05) is 0 Å². The Kier molecular flexibility index (Phi) is 1.91. The second-order valence-electron chi connectivity index (χ2n) is 2.86. The van der Waals surface area contributed by atoms with Crippen molar-refractivity contribution >= 4 is 0 Å². The first-order chi connectivity index (χ1) is 5.45. The molecule has 0 unspecified atom stereocenters. The summed E-state index contributed by atoms with van der Waals surface area (Å²) >= 11 is 0. The molecule has 1 aromatic rings. The molecule has 0 heterocycles. The molecule has 0 N–H and O–H groups in total. The molecule has 0 aliphatic heterocycles. The smallest absolute Gasteiger partial charge is 0.113 e. The maximum atomic E-state index is 5.41. The number of hydrogen-bond acceptors (Lipinski definition) is 1. The van der Waals surface area contributed by atoms with Crippen LogP contribution in [0.2, 0.25) is 0 Å². The number of rotatable bonds is 3. The summed E-state index contributed by atoms with van der Waals surface area (Å²) in [5, 5.41) is 0. The average Bonchev–Trinajstić information content (AvgIpc) is 2.86. The predicted molar refractivity (Wildman–Crippen MR) is 44.0 cm³/mol. The minimum absolute atomic E-state index is 0.509. The van der Waals surface area contributed by atoms with E-state index in [9.17, 15) is 0 Å². The molecule has 1 fully saturated rings. The van der Waals surface area contributed by atoms with Gasteiger partial charge in [0.25, 0.3) is 0 Å². The molecule has 57 valence electrons. The maximum Gasteiger partial charge on any atom is 0.113 e. The van der Waals surface area contributed by atoms with E-state index >= 15 is 0 Å². The van der Waals surface area contributed by atoms with Gasteiger partial charge >= 0.3 is 0 Å². The van der Waals surface area contributed by atoms with Gasteiger partial charge in [-0.15, -0.1) is 0 Å². The van der Waals surface area contributed by atoms with Crippen molar-refractivity contribution in [1.82, 2.24) is 0 Å². The molecule has 0 atom stereocenters. The SMILES string of the molecule is [CH](OC1CC1)c1ccccc1. The summed E-state index contributed by atoms with van der Waals surface area (Å²) in [6, 6.07) is 10.1. The van der Waals surface area contributed by atoms with E-state index in [1.54, 1.807) is 0 Å². The molecule has 1 nitrogen and oxygen atoms in total. The lowest BCUT2D eigenvalue weighted by Crippen LogP contribution is -1.90. The molecule has 1 heteroatoms. The van der Waals surface area contributed by atoms with Crippen LogP contribution in [0.1, 0.15) is 18.4 Å². The van der Waals surface area contributed by atoms with Gasteiger partial charge in [-0.1, -0.05) is 30.3 Å². The maximum absolute atomic E-state index is 5.41. The van der Waals surface area contributed by atoms with Crippen LogP contribution in [0.5, 0.6) is 0 Å². The molecule has 1 saturated carbocycles. The number of hydrogen-bond donors (Lipinski definition) is 0. The highest BCUT2D eigenvalue weighted by atomic mass is 16.5. The topological polar surface area (TPSA) is 9.23 Å². The zero-order chi connectivity index (χ0) is 7.52. The van der Waals surface area contributed by atoms with E-state index in [1.165, 1.54) is 12.8 Å². The second-order valence-corrected chi connectivity index (χ2v) is 2.86. The van der Waals surface area contributed by atoms with Crippen molar-refractivity contribution in [1.29, 1.82) is 0 Å². The zero-order valence-electron chi connectivity index (χ0n) is 6.36. The van der Waals surface area contributed by atoms with Crippen molar-refractivity contribution < 1.29 is 4.74 Å². The van der Waals surface area contributed by atoms with Crippen LogP contribution < -0.4 is 0 Å². The normalized spacial score (nSPS) is 16.7. The molecule has 1 aromatic carbocycles. The highest BCUT2D eigenvalue weighted by molar-refractivity contribution is 5.19. The third-order valence-corrected chi connectivity index (χ3v) is 1.72. The van der Waals surface area contributed by atoms with Crippen molar-refractivity contribution in [3.05, 3.63) is 42.5 Å². The minimum Gasteiger partial charge on any atom is -0.367 e. The first-order valence-electron chi connectivity index (χ1n) is 3.99. The van der Waals surface area contributed by atoms with Crippen LogP contribution in [-0.4, -0.2) is 6.10 Å². The monoisotopic (exact) mass is 147 g/mol.